The van der Waals surface area contributed by atoms with Crippen LogP contribution in [-0.4, -0.2) is 16.1 Å². The molecule has 3 aromatic rings. The molecule has 0 radical (unpaired) electrons. The number of nitrogens with zero attached hydrogens (tertiary/aromatic N) is 1. The van der Waals surface area contributed by atoms with E-state index in [0.29, 0.717) is 15.6 Å². The molecule has 0 atom stereocenters. The number of aromatic nitrogens is 1. The van der Waals surface area contributed by atoms with Crippen molar-refractivity contribution < 1.29 is 9.90 Å². The van der Waals surface area contributed by atoms with Crippen molar-refractivity contribution in [1.82, 2.24) is 4.98 Å². The number of hydrogen-bond donors (Lipinski definition) is 1. The van der Waals surface area contributed by atoms with Gasteiger partial charge in [0.25, 0.3) is 0 Å². The first-order valence-corrected chi connectivity index (χ1v) is 9.23. The van der Waals surface area contributed by atoms with Crippen LogP contribution < -0.4 is 0 Å². The third-order valence-corrected chi connectivity index (χ3v) is 6.50. The first-order chi connectivity index (χ1) is 12.0. The maximum atomic E-state index is 11.5. The van der Waals surface area contributed by atoms with Gasteiger partial charge in [0.2, 0.25) is 0 Å². The summed E-state index contributed by atoms with van der Waals surface area (Å²) in [7, 11) is 0. The van der Waals surface area contributed by atoms with Gasteiger partial charge in [-0.2, -0.15) is 0 Å². The zero-order valence-corrected chi connectivity index (χ0v) is 15.2. The molecule has 2 aromatic carbocycles. The minimum absolute atomic E-state index is 0.319. The molecule has 0 unspecified atom stereocenters. The fourth-order valence-electron chi connectivity index (χ4n) is 3.66. The highest BCUT2D eigenvalue weighted by atomic mass is 35.5. The Morgan fingerprint density at radius 2 is 1.72 bits per heavy atom. The monoisotopic (exact) mass is 369 g/mol. The largest absolute Gasteiger partial charge is 0.477 e. The summed E-state index contributed by atoms with van der Waals surface area (Å²) >= 11 is 7.37. The lowest BCUT2D eigenvalue weighted by Crippen LogP contribution is -2.28. The number of benzene rings is 2. The van der Waals surface area contributed by atoms with Crippen molar-refractivity contribution in [3.63, 3.8) is 0 Å². The molecule has 0 saturated carbocycles. The van der Waals surface area contributed by atoms with E-state index in [0.717, 1.165) is 23.4 Å². The van der Waals surface area contributed by atoms with Crippen LogP contribution in [0.1, 0.15) is 37.1 Å². The lowest BCUT2D eigenvalue weighted by atomic mass is 9.78. The molecule has 0 spiro atoms. The van der Waals surface area contributed by atoms with Crippen molar-refractivity contribution in [2.24, 2.45) is 0 Å². The van der Waals surface area contributed by atoms with E-state index in [1.54, 1.807) is 6.92 Å². The van der Waals surface area contributed by atoms with Gasteiger partial charge in [-0.05, 0) is 48.6 Å². The molecule has 0 aliphatic heterocycles. The average molecular weight is 370 g/mol. The standard InChI is InChI=1S/C20H16ClNO2S/c1-12-17(18(23)24)25-19(22-12)20(15-6-8-16(21)9-7-15)10-13-4-2-3-5-14(13)11-20/h2-9H,10-11H2,1H3,(H,23,24). The number of carboxylic acid groups (broad SMARTS) is 1. The summed E-state index contributed by atoms with van der Waals surface area (Å²) < 4.78 is 0. The van der Waals surface area contributed by atoms with Crippen molar-refractivity contribution >= 4 is 28.9 Å². The molecule has 0 saturated heterocycles. The number of halogens is 1. The van der Waals surface area contributed by atoms with Crippen LogP contribution in [0.4, 0.5) is 0 Å². The minimum Gasteiger partial charge on any atom is -0.477 e. The lowest BCUT2D eigenvalue weighted by Gasteiger charge is -2.27. The molecule has 1 aromatic heterocycles. The summed E-state index contributed by atoms with van der Waals surface area (Å²) in [6.45, 7) is 1.76. The second-order valence-corrected chi connectivity index (χ2v) is 7.89. The topological polar surface area (TPSA) is 50.2 Å². The van der Waals surface area contributed by atoms with Gasteiger partial charge in [0, 0.05) is 5.02 Å². The Morgan fingerprint density at radius 1 is 1.12 bits per heavy atom. The van der Waals surface area contributed by atoms with E-state index in [2.05, 4.69) is 17.1 Å². The van der Waals surface area contributed by atoms with Gasteiger partial charge in [-0.25, -0.2) is 9.78 Å². The average Bonchev–Trinajstić information content (AvgIpc) is 3.17. The molecule has 1 aliphatic rings. The SMILES string of the molecule is Cc1nc(C2(c3ccc(Cl)cc3)Cc3ccccc3C2)sc1C(=O)O. The summed E-state index contributed by atoms with van der Waals surface area (Å²) in [6, 6.07) is 16.2. The van der Waals surface area contributed by atoms with E-state index in [4.69, 9.17) is 11.6 Å². The van der Waals surface area contributed by atoms with E-state index < -0.39 is 5.97 Å². The van der Waals surface area contributed by atoms with Gasteiger partial charge >= 0.3 is 5.97 Å². The van der Waals surface area contributed by atoms with Gasteiger partial charge in [-0.1, -0.05) is 48.0 Å². The Morgan fingerprint density at radius 3 is 2.24 bits per heavy atom. The van der Waals surface area contributed by atoms with Crippen LogP contribution in [0.5, 0.6) is 0 Å². The summed E-state index contributed by atoms with van der Waals surface area (Å²) in [5.41, 5.74) is 3.96. The Kier molecular flexibility index (Phi) is 3.89. The number of hydrogen-bond acceptors (Lipinski definition) is 3. The Balaban J connectivity index is 1.90. The molecule has 4 rings (SSSR count). The van der Waals surface area contributed by atoms with Gasteiger partial charge in [0.15, 0.2) is 0 Å². The van der Waals surface area contributed by atoms with Crippen LogP contribution in [0.15, 0.2) is 48.5 Å². The molecular formula is C20H16ClNO2S. The number of thiazole rings is 1. The van der Waals surface area contributed by atoms with Crippen molar-refractivity contribution in [1.29, 1.82) is 0 Å². The van der Waals surface area contributed by atoms with Gasteiger partial charge in [0.05, 0.1) is 11.1 Å². The number of fused-ring (bicyclic) bond motifs is 1. The quantitative estimate of drug-likeness (QED) is 0.715. The smallest absolute Gasteiger partial charge is 0.347 e. The maximum Gasteiger partial charge on any atom is 0.347 e. The summed E-state index contributed by atoms with van der Waals surface area (Å²) in [6.07, 6.45) is 1.63. The van der Waals surface area contributed by atoms with E-state index in [1.807, 2.05) is 36.4 Å². The molecule has 5 heteroatoms. The third-order valence-electron chi connectivity index (χ3n) is 4.90. The maximum absolute atomic E-state index is 11.5. The van der Waals surface area contributed by atoms with Crippen molar-refractivity contribution in [3.8, 4) is 0 Å². The predicted octanol–water partition coefficient (Wildman–Crippen LogP) is 4.89. The van der Waals surface area contributed by atoms with Crippen LogP contribution >= 0.6 is 22.9 Å². The molecule has 25 heavy (non-hydrogen) atoms. The fraction of sp³-hybridized carbons (Fsp3) is 0.200. The highest BCUT2D eigenvalue weighted by Crippen LogP contribution is 2.46. The molecule has 0 fully saturated rings. The number of carboxylic acids is 1. The van der Waals surface area contributed by atoms with Gasteiger partial charge < -0.3 is 5.11 Å². The van der Waals surface area contributed by atoms with Crippen LogP contribution in [-0.2, 0) is 18.3 Å². The van der Waals surface area contributed by atoms with Gasteiger partial charge in [0.1, 0.15) is 9.88 Å². The number of aromatic carboxylic acids is 1. The second kappa shape index (κ2) is 5.97. The highest BCUT2D eigenvalue weighted by Gasteiger charge is 2.43. The van der Waals surface area contributed by atoms with Crippen molar-refractivity contribution in [2.75, 3.05) is 0 Å². The molecule has 3 nitrogen and oxygen atoms in total. The van der Waals surface area contributed by atoms with Crippen LogP contribution in [0.3, 0.4) is 0 Å². The van der Waals surface area contributed by atoms with Crippen LogP contribution in [0.25, 0.3) is 0 Å². The normalized spacial score (nSPS) is 15.1. The highest BCUT2D eigenvalue weighted by molar-refractivity contribution is 7.13. The summed E-state index contributed by atoms with van der Waals surface area (Å²) in [5.74, 6) is -0.914. The molecule has 1 heterocycles. The van der Waals surface area contributed by atoms with Crippen molar-refractivity contribution in [2.45, 2.75) is 25.2 Å². The first-order valence-electron chi connectivity index (χ1n) is 8.04. The second-order valence-electron chi connectivity index (χ2n) is 6.45. The predicted molar refractivity (Wildman–Crippen MR) is 99.9 cm³/mol. The molecular weight excluding hydrogens is 354 g/mol. The zero-order valence-electron chi connectivity index (χ0n) is 13.6. The Bertz CT molecular complexity index is 937. The zero-order chi connectivity index (χ0) is 17.6. The molecule has 0 bridgehead atoms. The molecule has 0 amide bonds. The van der Waals surface area contributed by atoms with E-state index >= 15 is 0 Å². The number of rotatable bonds is 3. The molecule has 126 valence electrons. The fourth-order valence-corrected chi connectivity index (χ4v) is 4.90. The van der Waals surface area contributed by atoms with E-state index in [9.17, 15) is 9.90 Å². The first kappa shape index (κ1) is 16.3. The minimum atomic E-state index is -0.914. The van der Waals surface area contributed by atoms with Gasteiger partial charge in [-0.15, -0.1) is 11.3 Å². The Hall–Kier alpha value is -2.17. The van der Waals surface area contributed by atoms with Crippen molar-refractivity contribution in [3.05, 3.63) is 85.8 Å². The van der Waals surface area contributed by atoms with Crippen LogP contribution in [0, 0.1) is 6.92 Å². The Labute approximate surface area is 154 Å². The molecule has 1 aliphatic carbocycles. The number of carbonyl (C=O) groups is 1. The third kappa shape index (κ3) is 2.66. The number of aryl methyl sites for hydroxylation is 1. The summed E-state index contributed by atoms with van der Waals surface area (Å²) in [4.78, 5) is 16.5. The lowest BCUT2D eigenvalue weighted by molar-refractivity contribution is 0.0701. The van der Waals surface area contributed by atoms with E-state index in [1.165, 1.54) is 22.5 Å². The van der Waals surface area contributed by atoms with E-state index in [-0.39, 0.29) is 5.41 Å². The van der Waals surface area contributed by atoms with Gasteiger partial charge in [-0.3, -0.25) is 0 Å². The molecule has 1 N–H and O–H groups in total. The van der Waals surface area contributed by atoms with Crippen LogP contribution in [0.2, 0.25) is 5.02 Å². The summed E-state index contributed by atoms with van der Waals surface area (Å²) in [5, 5.41) is 11.0.